The fourth-order valence-corrected chi connectivity index (χ4v) is 4.02. The van der Waals surface area contributed by atoms with Crippen LogP contribution in [0.3, 0.4) is 0 Å². The normalized spacial score (nSPS) is 13.9. The van der Waals surface area contributed by atoms with Gasteiger partial charge < -0.3 is 21.4 Å². The number of aromatic nitrogens is 2. The summed E-state index contributed by atoms with van der Waals surface area (Å²) < 4.78 is 0. The van der Waals surface area contributed by atoms with E-state index in [1.807, 2.05) is 61.5 Å². The zero-order valence-electron chi connectivity index (χ0n) is 18.1. The van der Waals surface area contributed by atoms with Crippen molar-refractivity contribution in [1.82, 2.24) is 9.97 Å². The van der Waals surface area contributed by atoms with Crippen molar-refractivity contribution >= 4 is 40.2 Å². The van der Waals surface area contributed by atoms with Crippen molar-refractivity contribution in [3.63, 3.8) is 0 Å². The zero-order valence-corrected chi connectivity index (χ0v) is 18.1. The van der Waals surface area contributed by atoms with Crippen molar-refractivity contribution < 1.29 is 9.72 Å². The van der Waals surface area contributed by atoms with Crippen LogP contribution in [-0.4, -0.2) is 20.8 Å². The second kappa shape index (κ2) is 8.21. The number of nitrogens with zero attached hydrogens (tertiary/aromatic N) is 2. The number of fused-ring (bicyclic) bond motifs is 1. The molecule has 0 atom stereocenters. The number of benzene rings is 3. The minimum absolute atomic E-state index is 0.0850. The van der Waals surface area contributed by atoms with Crippen LogP contribution in [0.2, 0.25) is 0 Å². The molecule has 0 spiro atoms. The average Bonchev–Trinajstić information content (AvgIpc) is 3.35. The Balaban J connectivity index is 1.60. The van der Waals surface area contributed by atoms with Crippen molar-refractivity contribution in [3.05, 3.63) is 99.7 Å². The molecule has 5 rings (SSSR count). The number of amides is 1. The van der Waals surface area contributed by atoms with E-state index in [1.54, 1.807) is 6.07 Å². The lowest BCUT2D eigenvalue weighted by molar-refractivity contribution is -0.384. The lowest BCUT2D eigenvalue weighted by Crippen LogP contribution is -2.10. The van der Waals surface area contributed by atoms with Crippen LogP contribution in [0.15, 0.2) is 72.8 Å². The molecule has 0 saturated heterocycles. The molecular weight excluding hydrogens is 432 g/mol. The van der Waals surface area contributed by atoms with E-state index in [0.717, 1.165) is 28.2 Å². The minimum atomic E-state index is -0.473. The number of nitrogens with two attached hydrogens (primary N) is 1. The molecule has 34 heavy (non-hydrogen) atoms. The molecule has 1 aromatic heterocycles. The number of carbonyl (C=O) groups excluding carboxylic acids is 1. The number of nitrogen functional groups attached to an aromatic ring is 1. The fourth-order valence-electron chi connectivity index (χ4n) is 4.02. The number of hydrogen-bond acceptors (Lipinski definition) is 6. The van der Waals surface area contributed by atoms with Gasteiger partial charge >= 0.3 is 0 Å². The third kappa shape index (κ3) is 3.75. The van der Waals surface area contributed by atoms with Gasteiger partial charge in [-0.3, -0.25) is 14.9 Å². The van der Waals surface area contributed by atoms with Gasteiger partial charge in [0.05, 0.1) is 21.9 Å². The SMILES string of the molecule is Cc1[nH]c(N)nc1-c1ccc(NC(=C2C(=O)Nc3ccc([N+](=O)[O-])cc32)c2ccccc2)cc1. The van der Waals surface area contributed by atoms with Gasteiger partial charge in [0.2, 0.25) is 0 Å². The van der Waals surface area contributed by atoms with Crippen LogP contribution in [-0.2, 0) is 4.79 Å². The average molecular weight is 452 g/mol. The third-order valence-electron chi connectivity index (χ3n) is 5.60. The van der Waals surface area contributed by atoms with Gasteiger partial charge in [-0.1, -0.05) is 42.5 Å². The second-order valence-corrected chi connectivity index (χ2v) is 7.86. The first-order valence-corrected chi connectivity index (χ1v) is 10.5. The highest BCUT2D eigenvalue weighted by molar-refractivity contribution is 6.37. The number of nitrogens with one attached hydrogen (secondary N) is 3. The topological polar surface area (TPSA) is 139 Å². The molecule has 5 N–H and O–H groups in total. The summed E-state index contributed by atoms with van der Waals surface area (Å²) in [7, 11) is 0. The summed E-state index contributed by atoms with van der Waals surface area (Å²) in [6.07, 6.45) is 0. The van der Waals surface area contributed by atoms with Crippen LogP contribution in [0.1, 0.15) is 16.8 Å². The van der Waals surface area contributed by atoms with Crippen molar-refractivity contribution in [2.45, 2.75) is 6.92 Å². The number of non-ortho nitro benzene ring substituents is 1. The van der Waals surface area contributed by atoms with Crippen LogP contribution in [0.25, 0.3) is 22.5 Å². The monoisotopic (exact) mass is 452 g/mol. The van der Waals surface area contributed by atoms with Gasteiger partial charge in [-0.25, -0.2) is 4.98 Å². The van der Waals surface area contributed by atoms with Crippen molar-refractivity contribution in [1.29, 1.82) is 0 Å². The van der Waals surface area contributed by atoms with E-state index in [9.17, 15) is 14.9 Å². The van der Waals surface area contributed by atoms with Crippen LogP contribution in [0, 0.1) is 17.0 Å². The number of nitro benzene ring substituents is 1. The molecule has 2 heterocycles. The number of nitro groups is 1. The molecule has 3 aromatic carbocycles. The van der Waals surface area contributed by atoms with Gasteiger partial charge in [0.25, 0.3) is 11.6 Å². The lowest BCUT2D eigenvalue weighted by Gasteiger charge is -2.15. The van der Waals surface area contributed by atoms with Crippen LogP contribution < -0.4 is 16.4 Å². The molecular formula is C25H20N6O3. The van der Waals surface area contributed by atoms with E-state index in [4.69, 9.17) is 5.73 Å². The maximum Gasteiger partial charge on any atom is 0.270 e. The Morgan fingerprint density at radius 3 is 2.44 bits per heavy atom. The molecule has 9 heteroatoms. The predicted octanol–water partition coefficient (Wildman–Crippen LogP) is 4.81. The van der Waals surface area contributed by atoms with E-state index in [1.165, 1.54) is 12.1 Å². The molecule has 4 aromatic rings. The summed E-state index contributed by atoms with van der Waals surface area (Å²) >= 11 is 0. The fraction of sp³-hybridized carbons (Fsp3) is 0.0400. The number of H-pyrrole nitrogens is 1. The summed E-state index contributed by atoms with van der Waals surface area (Å²) in [6.45, 7) is 1.90. The highest BCUT2D eigenvalue weighted by Gasteiger charge is 2.30. The highest BCUT2D eigenvalue weighted by Crippen LogP contribution is 2.39. The van der Waals surface area contributed by atoms with Crippen LogP contribution in [0.5, 0.6) is 0 Å². The Labute approximate surface area is 194 Å². The highest BCUT2D eigenvalue weighted by atomic mass is 16.6. The second-order valence-electron chi connectivity index (χ2n) is 7.86. The number of carbonyl (C=O) groups is 1. The first-order chi connectivity index (χ1) is 16.4. The summed E-state index contributed by atoms with van der Waals surface area (Å²) in [5.41, 5.74) is 11.6. The van der Waals surface area contributed by atoms with Crippen LogP contribution >= 0.6 is 0 Å². The largest absolute Gasteiger partial charge is 0.369 e. The number of rotatable bonds is 5. The summed E-state index contributed by atoms with van der Waals surface area (Å²) in [4.78, 5) is 31.2. The Morgan fingerprint density at radius 1 is 1.06 bits per heavy atom. The van der Waals surface area contributed by atoms with Gasteiger partial charge in [0, 0.05) is 40.3 Å². The first kappa shape index (κ1) is 21.0. The van der Waals surface area contributed by atoms with Crippen molar-refractivity contribution in [3.8, 4) is 11.3 Å². The maximum absolute atomic E-state index is 13.0. The van der Waals surface area contributed by atoms with Gasteiger partial charge in [0.15, 0.2) is 5.95 Å². The number of imidazole rings is 1. The first-order valence-electron chi connectivity index (χ1n) is 10.5. The minimum Gasteiger partial charge on any atom is -0.369 e. The molecule has 168 valence electrons. The van der Waals surface area contributed by atoms with E-state index in [-0.39, 0.29) is 11.6 Å². The van der Waals surface area contributed by atoms with Gasteiger partial charge in [-0.2, -0.15) is 0 Å². The molecule has 9 nitrogen and oxygen atoms in total. The summed E-state index contributed by atoms with van der Waals surface area (Å²) in [5.74, 6) is 0.0203. The zero-order chi connectivity index (χ0) is 23.8. The molecule has 0 aliphatic carbocycles. The van der Waals surface area contributed by atoms with Crippen molar-refractivity contribution in [2.24, 2.45) is 0 Å². The number of aryl methyl sites for hydroxylation is 1. The molecule has 1 aliphatic rings. The molecule has 0 fully saturated rings. The number of hydrogen-bond donors (Lipinski definition) is 4. The Morgan fingerprint density at radius 2 is 1.79 bits per heavy atom. The Bertz CT molecular complexity index is 1460. The van der Waals surface area contributed by atoms with Crippen LogP contribution in [0.4, 0.5) is 23.0 Å². The third-order valence-corrected chi connectivity index (χ3v) is 5.60. The molecule has 0 saturated carbocycles. The van der Waals surface area contributed by atoms with Crippen molar-refractivity contribution in [2.75, 3.05) is 16.4 Å². The van der Waals surface area contributed by atoms with E-state index >= 15 is 0 Å². The Kier molecular flexibility index (Phi) is 5.06. The van der Waals surface area contributed by atoms with Gasteiger partial charge in [-0.15, -0.1) is 0 Å². The summed E-state index contributed by atoms with van der Waals surface area (Å²) in [5, 5.41) is 17.5. The predicted molar refractivity (Wildman–Crippen MR) is 132 cm³/mol. The number of aromatic amines is 1. The Hall–Kier alpha value is -4.92. The molecule has 0 radical (unpaired) electrons. The standard InChI is InChI=1S/C25H20N6O3/c1-14-22(30-25(26)27-14)16-7-9-17(10-8-16)28-23(15-5-3-2-4-6-15)21-19-13-18(31(33)34)11-12-20(19)29-24(21)32/h2-13,28H,1H3,(H,29,32)(H3,26,27,30). The smallest absolute Gasteiger partial charge is 0.270 e. The van der Waals surface area contributed by atoms with Gasteiger partial charge in [-0.05, 0) is 30.7 Å². The quantitative estimate of drug-likeness (QED) is 0.195. The van der Waals surface area contributed by atoms with E-state index < -0.39 is 4.92 Å². The molecule has 0 bridgehead atoms. The van der Waals surface area contributed by atoms with E-state index in [2.05, 4.69) is 20.6 Å². The maximum atomic E-state index is 13.0. The molecule has 0 unspecified atom stereocenters. The van der Waals surface area contributed by atoms with Gasteiger partial charge in [0.1, 0.15) is 0 Å². The van der Waals surface area contributed by atoms with E-state index in [0.29, 0.717) is 28.5 Å². The summed E-state index contributed by atoms with van der Waals surface area (Å²) in [6, 6.07) is 21.3. The number of anilines is 3. The lowest BCUT2D eigenvalue weighted by atomic mass is 9.99. The molecule has 1 amide bonds. The molecule has 1 aliphatic heterocycles.